The molecule has 10 nitrogen and oxygen atoms in total. The predicted octanol–water partition coefficient (Wildman–Crippen LogP) is 5.32. The van der Waals surface area contributed by atoms with Gasteiger partial charge in [0.1, 0.15) is 11.6 Å². The maximum absolute atomic E-state index is 13.3. The quantitative estimate of drug-likeness (QED) is 0.322. The lowest BCUT2D eigenvalue weighted by molar-refractivity contribution is -0.138. The number of nitrogens with zero attached hydrogens (tertiary/aromatic N) is 4. The van der Waals surface area contributed by atoms with Crippen molar-refractivity contribution >= 4 is 44.9 Å². The first-order valence-corrected chi connectivity index (χ1v) is 15.2. The van der Waals surface area contributed by atoms with E-state index in [-0.39, 0.29) is 29.5 Å². The van der Waals surface area contributed by atoms with Crippen LogP contribution < -0.4 is 16.4 Å². The molecule has 2 aliphatic heterocycles. The summed E-state index contributed by atoms with van der Waals surface area (Å²) < 4.78 is 5.89. The number of nitrogens with two attached hydrogens (primary N) is 1. The second-order valence-corrected chi connectivity index (χ2v) is 11.3. The van der Waals surface area contributed by atoms with Gasteiger partial charge >= 0.3 is 0 Å². The Labute approximate surface area is 250 Å². The Morgan fingerprint density at radius 1 is 1.02 bits per heavy atom. The van der Waals surface area contributed by atoms with E-state index in [9.17, 15) is 9.59 Å². The number of nitrogens with one attached hydrogen (secondary N) is 2. The summed E-state index contributed by atoms with van der Waals surface area (Å²) in [5.41, 5.74) is 8.69. The van der Waals surface area contributed by atoms with Gasteiger partial charge in [0, 0.05) is 48.3 Å². The maximum Gasteiger partial charge on any atom is 0.277 e. The van der Waals surface area contributed by atoms with Crippen molar-refractivity contribution in [2.24, 2.45) is 5.92 Å². The Kier molecular flexibility index (Phi) is 10.8. The molecule has 3 aromatic rings. The van der Waals surface area contributed by atoms with Gasteiger partial charge in [-0.1, -0.05) is 34.9 Å². The van der Waals surface area contributed by atoms with E-state index in [0.717, 1.165) is 74.1 Å². The summed E-state index contributed by atoms with van der Waals surface area (Å²) in [5, 5.41) is 10.3. The van der Waals surface area contributed by atoms with Gasteiger partial charge in [-0.15, -0.1) is 0 Å². The fourth-order valence-corrected chi connectivity index (χ4v) is 5.68. The van der Waals surface area contributed by atoms with Crippen molar-refractivity contribution in [2.75, 3.05) is 42.5 Å². The van der Waals surface area contributed by atoms with E-state index in [1.165, 1.54) is 0 Å². The Morgan fingerprint density at radius 2 is 1.76 bits per heavy atom. The number of hydrogen-bond acceptors (Lipinski definition) is 8. The van der Waals surface area contributed by atoms with Crippen LogP contribution in [0.3, 0.4) is 0 Å². The number of carbonyl (C=O) groups is 2. The molecule has 4 heterocycles. The summed E-state index contributed by atoms with van der Waals surface area (Å²) >= 11 is 3.49. The highest BCUT2D eigenvalue weighted by atomic mass is 79.9. The highest BCUT2D eigenvalue weighted by Gasteiger charge is 2.31. The molecule has 2 fully saturated rings. The Morgan fingerprint density at radius 3 is 2.41 bits per heavy atom. The first-order valence-electron chi connectivity index (χ1n) is 14.4. The standard InChI is InChI=1S/C28H34BrN7O3.C2H6/c1-18-14-25(34-39-18)27(37)33-24-16-21(29)2-3-23(24)32-22-7-12-36(13-8-22)28(38)20-5-10-35(11-6-20)17-19-4-9-31-26(30)15-19;1-2/h2-4,9,14-16,20,22,32H,5-8,10-13,17H2,1H3,(H2,30,31)(H,33,37);1-2H3. The van der Waals surface area contributed by atoms with E-state index < -0.39 is 0 Å². The summed E-state index contributed by atoms with van der Waals surface area (Å²) in [6, 6.07) is 11.5. The molecular formula is C30H40BrN7O3. The normalized spacial score (nSPS) is 16.5. The molecule has 0 atom stereocenters. The molecule has 0 bridgehead atoms. The van der Waals surface area contributed by atoms with E-state index in [2.05, 4.69) is 41.6 Å². The maximum atomic E-state index is 13.3. The fraction of sp³-hybridized carbons (Fsp3) is 0.467. The molecule has 1 aromatic carbocycles. The molecule has 11 heteroatoms. The topological polar surface area (TPSA) is 130 Å². The molecule has 2 amide bonds. The number of piperidine rings is 2. The minimum absolute atomic E-state index is 0.0849. The molecule has 0 unspecified atom stereocenters. The highest BCUT2D eigenvalue weighted by molar-refractivity contribution is 9.10. The number of likely N-dealkylation sites (tertiary alicyclic amines) is 2. The minimum atomic E-state index is -0.329. The van der Waals surface area contributed by atoms with E-state index >= 15 is 0 Å². The number of carbonyl (C=O) groups excluding carboxylic acids is 2. The lowest BCUT2D eigenvalue weighted by atomic mass is 9.93. The third-order valence-electron chi connectivity index (χ3n) is 7.45. The van der Waals surface area contributed by atoms with Gasteiger partial charge in [-0.3, -0.25) is 14.5 Å². The molecule has 220 valence electrons. The van der Waals surface area contributed by atoms with Gasteiger partial charge in [-0.05, 0) is 81.6 Å². The molecule has 0 radical (unpaired) electrons. The SMILES string of the molecule is CC.Cc1cc(C(=O)Nc2cc(Br)ccc2NC2CCN(C(=O)C3CCN(Cc4ccnc(N)c4)CC3)CC2)no1. The van der Waals surface area contributed by atoms with Crippen LogP contribution in [-0.2, 0) is 11.3 Å². The number of amides is 2. The lowest BCUT2D eigenvalue weighted by Crippen LogP contribution is -2.47. The second-order valence-electron chi connectivity index (χ2n) is 10.4. The molecule has 41 heavy (non-hydrogen) atoms. The third-order valence-corrected chi connectivity index (χ3v) is 7.94. The van der Waals surface area contributed by atoms with Crippen LogP contribution >= 0.6 is 15.9 Å². The summed E-state index contributed by atoms with van der Waals surface area (Å²) in [6.07, 6.45) is 5.20. The molecule has 2 saturated heterocycles. The number of aromatic nitrogens is 2. The third kappa shape index (κ3) is 8.29. The zero-order chi connectivity index (χ0) is 29.4. The van der Waals surface area contributed by atoms with Gasteiger partial charge in [0.2, 0.25) is 5.91 Å². The smallest absolute Gasteiger partial charge is 0.277 e. The summed E-state index contributed by atoms with van der Waals surface area (Å²) in [5.74, 6) is 1.15. The predicted molar refractivity (Wildman–Crippen MR) is 165 cm³/mol. The van der Waals surface area contributed by atoms with E-state index in [1.54, 1.807) is 19.2 Å². The first-order chi connectivity index (χ1) is 19.8. The van der Waals surface area contributed by atoms with Crippen molar-refractivity contribution in [1.82, 2.24) is 19.9 Å². The number of nitrogen functional groups attached to an aromatic ring is 1. The molecule has 0 aliphatic carbocycles. The molecule has 4 N–H and O–H groups in total. The van der Waals surface area contributed by atoms with Crippen molar-refractivity contribution in [1.29, 1.82) is 0 Å². The molecular weight excluding hydrogens is 586 g/mol. The zero-order valence-electron chi connectivity index (χ0n) is 24.0. The number of rotatable bonds is 7. The van der Waals surface area contributed by atoms with Crippen molar-refractivity contribution < 1.29 is 14.1 Å². The number of aryl methyl sites for hydroxylation is 1. The second kappa shape index (κ2) is 14.5. The Hall–Kier alpha value is -3.44. The summed E-state index contributed by atoms with van der Waals surface area (Å²) in [7, 11) is 0. The van der Waals surface area contributed by atoms with Gasteiger partial charge in [0.05, 0.1) is 11.4 Å². The number of anilines is 3. The molecule has 0 spiro atoms. The zero-order valence-corrected chi connectivity index (χ0v) is 25.6. The van der Waals surface area contributed by atoms with Crippen molar-refractivity contribution in [3.05, 3.63) is 64.1 Å². The molecule has 2 aromatic heterocycles. The van der Waals surface area contributed by atoms with Crippen molar-refractivity contribution in [2.45, 2.75) is 59.0 Å². The van der Waals surface area contributed by atoms with Crippen LogP contribution in [-0.4, -0.2) is 64.0 Å². The lowest BCUT2D eigenvalue weighted by Gasteiger charge is -2.37. The summed E-state index contributed by atoms with van der Waals surface area (Å²) in [6.45, 7) is 9.84. The number of pyridine rings is 1. The van der Waals surface area contributed by atoms with Gasteiger partial charge in [0.15, 0.2) is 5.69 Å². The number of benzene rings is 1. The molecule has 0 saturated carbocycles. The van der Waals surface area contributed by atoms with E-state index in [0.29, 0.717) is 17.3 Å². The van der Waals surface area contributed by atoms with Crippen molar-refractivity contribution in [3.63, 3.8) is 0 Å². The van der Waals surface area contributed by atoms with Crippen LogP contribution in [0.5, 0.6) is 0 Å². The fourth-order valence-electron chi connectivity index (χ4n) is 5.32. The minimum Gasteiger partial charge on any atom is -0.384 e. The highest BCUT2D eigenvalue weighted by Crippen LogP contribution is 2.30. The first kappa shape index (κ1) is 30.5. The van der Waals surface area contributed by atoms with Crippen LogP contribution in [0.2, 0.25) is 0 Å². The van der Waals surface area contributed by atoms with E-state index in [1.807, 2.05) is 49.1 Å². The van der Waals surface area contributed by atoms with Crippen LogP contribution in [0.1, 0.15) is 61.3 Å². The number of halogens is 1. The number of hydrogen-bond donors (Lipinski definition) is 3. The van der Waals surface area contributed by atoms with Crippen molar-refractivity contribution in [3.8, 4) is 0 Å². The van der Waals surface area contributed by atoms with Gasteiger partial charge in [-0.25, -0.2) is 4.98 Å². The molecule has 2 aliphatic rings. The average Bonchev–Trinajstić information content (AvgIpc) is 3.42. The molecule has 5 rings (SSSR count). The summed E-state index contributed by atoms with van der Waals surface area (Å²) in [4.78, 5) is 34.4. The van der Waals surface area contributed by atoms with Gasteiger partial charge < -0.3 is 25.8 Å². The largest absolute Gasteiger partial charge is 0.384 e. The van der Waals surface area contributed by atoms with Gasteiger partial charge in [0.25, 0.3) is 5.91 Å². The monoisotopic (exact) mass is 625 g/mol. The average molecular weight is 627 g/mol. The van der Waals surface area contributed by atoms with Crippen LogP contribution in [0.15, 0.2) is 51.6 Å². The van der Waals surface area contributed by atoms with Crippen LogP contribution in [0.4, 0.5) is 17.2 Å². The van der Waals surface area contributed by atoms with E-state index in [4.69, 9.17) is 10.3 Å². The van der Waals surface area contributed by atoms with Crippen LogP contribution in [0, 0.1) is 12.8 Å². The van der Waals surface area contributed by atoms with Crippen LogP contribution in [0.25, 0.3) is 0 Å². The Balaban J connectivity index is 0.00000189. The van der Waals surface area contributed by atoms with Gasteiger partial charge in [-0.2, -0.15) is 0 Å². The Bertz CT molecular complexity index is 1310.